The van der Waals surface area contributed by atoms with E-state index in [2.05, 4.69) is 21.2 Å². The number of benzene rings is 2. The number of carbonyl (C=O) groups is 3. The van der Waals surface area contributed by atoms with Crippen molar-refractivity contribution >= 4 is 62.8 Å². The first-order chi connectivity index (χ1) is 14.2. The van der Waals surface area contributed by atoms with Crippen LogP contribution in [0.3, 0.4) is 0 Å². The van der Waals surface area contributed by atoms with Crippen LogP contribution in [0.2, 0.25) is 0 Å². The number of aromatic carboxylic acids is 1. The van der Waals surface area contributed by atoms with Crippen molar-refractivity contribution in [2.75, 3.05) is 4.90 Å². The van der Waals surface area contributed by atoms with E-state index in [-0.39, 0.29) is 22.4 Å². The molecule has 0 spiro atoms. The molecule has 0 bridgehead atoms. The molecule has 154 valence electrons. The number of nitrogens with one attached hydrogen (secondary N) is 1. The van der Waals surface area contributed by atoms with Crippen LogP contribution >= 0.6 is 28.1 Å². The van der Waals surface area contributed by atoms with Gasteiger partial charge in [0.05, 0.1) is 21.8 Å². The average molecular weight is 489 g/mol. The van der Waals surface area contributed by atoms with Crippen molar-refractivity contribution in [2.24, 2.45) is 0 Å². The highest BCUT2D eigenvalue weighted by Gasteiger charge is 2.34. The molecule has 1 fully saturated rings. The Morgan fingerprint density at radius 3 is 2.43 bits per heavy atom. The van der Waals surface area contributed by atoms with Gasteiger partial charge in [-0.2, -0.15) is 0 Å². The second-order valence-corrected chi connectivity index (χ2v) is 7.91. The van der Waals surface area contributed by atoms with Crippen LogP contribution in [0.5, 0.6) is 5.75 Å². The van der Waals surface area contributed by atoms with E-state index in [0.29, 0.717) is 21.5 Å². The number of hydrogen-bond acceptors (Lipinski definition) is 5. The number of halogens is 1. The zero-order valence-corrected chi connectivity index (χ0v) is 18.4. The number of amides is 2. The lowest BCUT2D eigenvalue weighted by Crippen LogP contribution is -2.54. The van der Waals surface area contributed by atoms with E-state index in [0.717, 1.165) is 4.90 Å². The number of rotatable bonds is 5. The number of ether oxygens (including phenoxy) is 1. The number of nitrogens with zero attached hydrogens (tertiary/aromatic N) is 1. The summed E-state index contributed by atoms with van der Waals surface area (Å²) < 4.78 is 6.35. The van der Waals surface area contributed by atoms with Crippen molar-refractivity contribution in [2.45, 2.75) is 20.0 Å². The Hall–Kier alpha value is -3.04. The Morgan fingerprint density at radius 1 is 1.20 bits per heavy atom. The SMILES string of the molecule is CC(C)Oc1ccc(/C=C2\C(=O)NC(=S)N(c3ccc(C(=O)O)cc3)C2=O)cc1Br. The van der Waals surface area contributed by atoms with Gasteiger partial charge in [0.1, 0.15) is 11.3 Å². The summed E-state index contributed by atoms with van der Waals surface area (Å²) in [6, 6.07) is 10.8. The minimum atomic E-state index is -1.08. The van der Waals surface area contributed by atoms with Crippen LogP contribution < -0.4 is 15.0 Å². The molecule has 2 N–H and O–H groups in total. The van der Waals surface area contributed by atoms with Crippen molar-refractivity contribution in [3.05, 3.63) is 63.6 Å². The van der Waals surface area contributed by atoms with Crippen molar-refractivity contribution in [1.82, 2.24) is 5.32 Å². The molecule has 0 saturated carbocycles. The molecule has 1 aliphatic rings. The van der Waals surface area contributed by atoms with E-state index in [1.54, 1.807) is 18.2 Å². The molecule has 0 unspecified atom stereocenters. The molecular formula is C21H17BrN2O5S. The second kappa shape index (κ2) is 8.76. The summed E-state index contributed by atoms with van der Waals surface area (Å²) in [4.78, 5) is 37.6. The average Bonchev–Trinajstić information content (AvgIpc) is 2.67. The Morgan fingerprint density at radius 2 is 1.87 bits per heavy atom. The predicted octanol–water partition coefficient (Wildman–Crippen LogP) is 3.77. The first-order valence-corrected chi connectivity index (χ1v) is 10.1. The summed E-state index contributed by atoms with van der Waals surface area (Å²) in [5.74, 6) is -1.65. The van der Waals surface area contributed by atoms with Gasteiger partial charge < -0.3 is 9.84 Å². The van der Waals surface area contributed by atoms with E-state index in [4.69, 9.17) is 22.1 Å². The molecule has 1 aliphatic heterocycles. The lowest BCUT2D eigenvalue weighted by Gasteiger charge is -2.29. The molecule has 0 radical (unpaired) electrons. The van der Waals surface area contributed by atoms with Crippen LogP contribution in [0.4, 0.5) is 5.69 Å². The van der Waals surface area contributed by atoms with Crippen LogP contribution in [0.1, 0.15) is 29.8 Å². The first kappa shape index (κ1) is 21.7. The monoisotopic (exact) mass is 488 g/mol. The summed E-state index contributed by atoms with van der Waals surface area (Å²) in [5.41, 5.74) is 0.936. The maximum atomic E-state index is 13.0. The van der Waals surface area contributed by atoms with E-state index in [1.165, 1.54) is 30.3 Å². The highest BCUT2D eigenvalue weighted by atomic mass is 79.9. The van der Waals surface area contributed by atoms with Gasteiger partial charge in [0.15, 0.2) is 5.11 Å². The fourth-order valence-corrected chi connectivity index (χ4v) is 3.54. The molecule has 0 aliphatic carbocycles. The molecule has 1 heterocycles. The first-order valence-electron chi connectivity index (χ1n) is 8.88. The lowest BCUT2D eigenvalue weighted by molar-refractivity contribution is -0.122. The molecule has 30 heavy (non-hydrogen) atoms. The van der Waals surface area contributed by atoms with Crippen LogP contribution in [-0.2, 0) is 9.59 Å². The minimum Gasteiger partial charge on any atom is -0.490 e. The topological polar surface area (TPSA) is 95.9 Å². The van der Waals surface area contributed by atoms with Crippen molar-refractivity contribution in [3.63, 3.8) is 0 Å². The minimum absolute atomic E-state index is 0.00158. The van der Waals surface area contributed by atoms with Gasteiger partial charge in [-0.15, -0.1) is 0 Å². The Kier molecular flexibility index (Phi) is 6.33. The van der Waals surface area contributed by atoms with Gasteiger partial charge in [-0.3, -0.25) is 19.8 Å². The zero-order valence-electron chi connectivity index (χ0n) is 16.0. The molecular weight excluding hydrogens is 472 g/mol. The quantitative estimate of drug-likeness (QED) is 0.377. The van der Waals surface area contributed by atoms with Crippen molar-refractivity contribution < 1.29 is 24.2 Å². The smallest absolute Gasteiger partial charge is 0.335 e. The summed E-state index contributed by atoms with van der Waals surface area (Å²) in [5, 5.41) is 11.5. The van der Waals surface area contributed by atoms with Crippen LogP contribution in [0.25, 0.3) is 6.08 Å². The van der Waals surface area contributed by atoms with Crippen LogP contribution in [-0.4, -0.2) is 34.1 Å². The van der Waals surface area contributed by atoms with Gasteiger partial charge in [-0.1, -0.05) is 6.07 Å². The third-order valence-electron chi connectivity index (χ3n) is 4.10. The summed E-state index contributed by atoms with van der Waals surface area (Å²) in [7, 11) is 0. The Labute approximate surface area is 186 Å². The number of thiocarbonyl (C=S) groups is 1. The molecule has 2 aromatic carbocycles. The summed E-state index contributed by atoms with van der Waals surface area (Å²) in [6.07, 6.45) is 1.46. The summed E-state index contributed by atoms with van der Waals surface area (Å²) >= 11 is 8.58. The fourth-order valence-electron chi connectivity index (χ4n) is 2.77. The van der Waals surface area contributed by atoms with Crippen molar-refractivity contribution in [3.8, 4) is 5.75 Å². The third kappa shape index (κ3) is 4.58. The molecule has 3 rings (SSSR count). The van der Waals surface area contributed by atoms with Gasteiger partial charge in [0, 0.05) is 0 Å². The zero-order chi connectivity index (χ0) is 22.0. The van der Waals surface area contributed by atoms with Crippen molar-refractivity contribution in [1.29, 1.82) is 0 Å². The van der Waals surface area contributed by atoms with Gasteiger partial charge in [0.2, 0.25) is 0 Å². The van der Waals surface area contributed by atoms with Gasteiger partial charge in [0.25, 0.3) is 11.8 Å². The summed E-state index contributed by atoms with van der Waals surface area (Å²) in [6.45, 7) is 3.82. The molecule has 9 heteroatoms. The normalized spacial score (nSPS) is 15.5. The molecule has 0 atom stereocenters. The Balaban J connectivity index is 1.94. The maximum absolute atomic E-state index is 13.0. The number of hydrogen-bond donors (Lipinski definition) is 2. The Bertz CT molecular complexity index is 1080. The molecule has 2 aromatic rings. The molecule has 1 saturated heterocycles. The van der Waals surface area contributed by atoms with Crippen LogP contribution in [0, 0.1) is 0 Å². The van der Waals surface area contributed by atoms with Gasteiger partial charge in [-0.05, 0) is 90.0 Å². The second-order valence-electron chi connectivity index (χ2n) is 6.67. The largest absolute Gasteiger partial charge is 0.490 e. The molecule has 2 amide bonds. The highest BCUT2D eigenvalue weighted by molar-refractivity contribution is 9.10. The maximum Gasteiger partial charge on any atom is 0.335 e. The van der Waals surface area contributed by atoms with E-state index in [9.17, 15) is 14.4 Å². The number of carboxylic acid groups (broad SMARTS) is 1. The van der Waals surface area contributed by atoms with E-state index >= 15 is 0 Å². The standard InChI is InChI=1S/C21H17BrN2O5S/c1-11(2)29-17-8-3-12(10-16(17)22)9-15-18(25)23-21(30)24(19(15)26)14-6-4-13(5-7-14)20(27)28/h3-11H,1-2H3,(H,27,28)(H,23,25,30)/b15-9+. The van der Waals surface area contributed by atoms with Crippen LogP contribution in [0.15, 0.2) is 52.5 Å². The highest BCUT2D eigenvalue weighted by Crippen LogP contribution is 2.29. The van der Waals surface area contributed by atoms with Gasteiger partial charge >= 0.3 is 5.97 Å². The molecule has 7 nitrogen and oxygen atoms in total. The number of carboxylic acids is 1. The number of carbonyl (C=O) groups excluding carboxylic acids is 2. The third-order valence-corrected chi connectivity index (χ3v) is 5.01. The van der Waals surface area contributed by atoms with Gasteiger partial charge in [-0.25, -0.2) is 4.79 Å². The van der Waals surface area contributed by atoms with E-state index in [1.807, 2.05) is 13.8 Å². The lowest BCUT2D eigenvalue weighted by atomic mass is 10.1. The predicted molar refractivity (Wildman–Crippen MR) is 120 cm³/mol. The molecule has 0 aromatic heterocycles. The fraction of sp³-hybridized carbons (Fsp3) is 0.143. The number of anilines is 1. The van der Waals surface area contributed by atoms with E-state index < -0.39 is 17.8 Å².